The Labute approximate surface area is 107 Å². The summed E-state index contributed by atoms with van der Waals surface area (Å²) < 4.78 is 23.0. The van der Waals surface area contributed by atoms with Gasteiger partial charge in [0, 0.05) is 19.3 Å². The first-order valence-corrected chi connectivity index (χ1v) is 7.62. The fourth-order valence-electron chi connectivity index (χ4n) is 2.21. The fourth-order valence-corrected chi connectivity index (χ4v) is 3.98. The van der Waals surface area contributed by atoms with Gasteiger partial charge in [-0.1, -0.05) is 0 Å². The first-order chi connectivity index (χ1) is 8.41. The van der Waals surface area contributed by atoms with Gasteiger partial charge in [0.2, 0.25) is 0 Å². The van der Waals surface area contributed by atoms with Gasteiger partial charge in [-0.15, -0.1) is 0 Å². The van der Waals surface area contributed by atoms with E-state index in [1.165, 1.54) is 6.92 Å². The second-order valence-electron chi connectivity index (χ2n) is 4.60. The van der Waals surface area contributed by atoms with E-state index in [4.69, 9.17) is 0 Å². The van der Waals surface area contributed by atoms with Gasteiger partial charge in [0.15, 0.2) is 15.6 Å². The third-order valence-electron chi connectivity index (χ3n) is 3.26. The molecular formula is C12H16N2O3S. The van der Waals surface area contributed by atoms with E-state index in [2.05, 4.69) is 4.98 Å². The zero-order chi connectivity index (χ0) is 13.3. The lowest BCUT2D eigenvalue weighted by Gasteiger charge is -2.25. The summed E-state index contributed by atoms with van der Waals surface area (Å²) >= 11 is 0. The van der Waals surface area contributed by atoms with E-state index < -0.39 is 9.84 Å². The molecule has 5 nitrogen and oxygen atoms in total. The Morgan fingerprint density at radius 3 is 2.78 bits per heavy atom. The van der Waals surface area contributed by atoms with Crippen molar-refractivity contribution in [2.75, 3.05) is 23.5 Å². The molecule has 0 aromatic carbocycles. The van der Waals surface area contributed by atoms with E-state index in [0.717, 1.165) is 0 Å². The van der Waals surface area contributed by atoms with Crippen molar-refractivity contribution in [1.82, 2.24) is 4.98 Å². The molecule has 98 valence electrons. The summed E-state index contributed by atoms with van der Waals surface area (Å²) in [6, 6.07) is 3.33. The van der Waals surface area contributed by atoms with Crippen LogP contribution in [0.25, 0.3) is 0 Å². The van der Waals surface area contributed by atoms with E-state index in [-0.39, 0.29) is 23.3 Å². The zero-order valence-corrected chi connectivity index (χ0v) is 11.3. The van der Waals surface area contributed by atoms with Crippen molar-refractivity contribution in [2.45, 2.75) is 19.4 Å². The van der Waals surface area contributed by atoms with Gasteiger partial charge in [-0.05, 0) is 25.5 Å². The van der Waals surface area contributed by atoms with Crippen molar-refractivity contribution in [1.29, 1.82) is 0 Å². The summed E-state index contributed by atoms with van der Waals surface area (Å²) in [7, 11) is -1.14. The van der Waals surface area contributed by atoms with Gasteiger partial charge in [0.25, 0.3) is 0 Å². The number of aromatic nitrogens is 1. The standard InChI is InChI=1S/C12H16N2O3S/c1-9(15)11-4-3-6-13-12(11)14(2)10-5-7-18(16,17)8-10/h3-4,6,10H,5,7-8H2,1-2H3. The van der Waals surface area contributed by atoms with Crippen molar-refractivity contribution >= 4 is 21.4 Å². The minimum absolute atomic E-state index is 0.0641. The van der Waals surface area contributed by atoms with Crippen LogP contribution in [0, 0.1) is 0 Å². The molecule has 1 aromatic heterocycles. The molecule has 1 fully saturated rings. The van der Waals surface area contributed by atoms with E-state index in [1.54, 1.807) is 30.3 Å². The molecule has 1 aliphatic heterocycles. The molecular weight excluding hydrogens is 252 g/mol. The van der Waals surface area contributed by atoms with Crippen LogP contribution >= 0.6 is 0 Å². The number of carbonyl (C=O) groups excluding carboxylic acids is 1. The Bertz CT molecular complexity index is 568. The Kier molecular flexibility index (Phi) is 3.38. The number of hydrogen-bond acceptors (Lipinski definition) is 5. The van der Waals surface area contributed by atoms with Gasteiger partial charge in [-0.2, -0.15) is 0 Å². The number of anilines is 1. The molecule has 1 unspecified atom stereocenters. The molecule has 0 bridgehead atoms. The fraction of sp³-hybridized carbons (Fsp3) is 0.500. The normalized spacial score (nSPS) is 21.8. The van der Waals surface area contributed by atoms with E-state index in [0.29, 0.717) is 17.8 Å². The summed E-state index contributed by atoms with van der Waals surface area (Å²) in [5.41, 5.74) is 0.532. The Balaban J connectivity index is 2.30. The lowest BCUT2D eigenvalue weighted by molar-refractivity contribution is 0.101. The monoisotopic (exact) mass is 268 g/mol. The van der Waals surface area contributed by atoms with Crippen molar-refractivity contribution in [3.05, 3.63) is 23.9 Å². The summed E-state index contributed by atoms with van der Waals surface area (Å²) in [5, 5.41) is 0. The molecule has 2 rings (SSSR count). The van der Waals surface area contributed by atoms with Gasteiger partial charge in [-0.25, -0.2) is 13.4 Å². The highest BCUT2D eigenvalue weighted by atomic mass is 32.2. The molecule has 6 heteroatoms. The number of ketones is 1. The summed E-state index contributed by atoms with van der Waals surface area (Å²) in [6.45, 7) is 1.49. The summed E-state index contributed by atoms with van der Waals surface area (Å²) in [6.07, 6.45) is 2.20. The predicted molar refractivity (Wildman–Crippen MR) is 69.7 cm³/mol. The average molecular weight is 268 g/mol. The van der Waals surface area contributed by atoms with Gasteiger partial charge >= 0.3 is 0 Å². The SMILES string of the molecule is CC(=O)c1cccnc1N(C)C1CCS(=O)(=O)C1. The Morgan fingerprint density at radius 1 is 1.50 bits per heavy atom. The highest BCUT2D eigenvalue weighted by Gasteiger charge is 2.32. The molecule has 0 spiro atoms. The molecule has 0 amide bonds. The summed E-state index contributed by atoms with van der Waals surface area (Å²) in [5.74, 6) is 0.847. The van der Waals surface area contributed by atoms with E-state index in [9.17, 15) is 13.2 Å². The highest BCUT2D eigenvalue weighted by Crippen LogP contribution is 2.24. The third-order valence-corrected chi connectivity index (χ3v) is 5.01. The molecule has 1 aliphatic rings. The van der Waals surface area contributed by atoms with Gasteiger partial charge in [0.1, 0.15) is 5.82 Å². The smallest absolute Gasteiger partial charge is 0.163 e. The summed E-state index contributed by atoms with van der Waals surface area (Å²) in [4.78, 5) is 17.5. The maximum Gasteiger partial charge on any atom is 0.163 e. The molecule has 18 heavy (non-hydrogen) atoms. The maximum absolute atomic E-state index is 11.5. The molecule has 1 atom stereocenters. The van der Waals surface area contributed by atoms with Gasteiger partial charge in [-0.3, -0.25) is 4.79 Å². The van der Waals surface area contributed by atoms with Gasteiger partial charge in [0.05, 0.1) is 17.1 Å². The lowest BCUT2D eigenvalue weighted by Crippen LogP contribution is -2.34. The van der Waals surface area contributed by atoms with Crippen molar-refractivity contribution < 1.29 is 13.2 Å². The minimum atomic E-state index is -2.94. The average Bonchev–Trinajstić information content (AvgIpc) is 2.68. The first kappa shape index (κ1) is 13.0. The number of Topliss-reactive ketones (excluding diaryl/α,β-unsaturated/α-hetero) is 1. The van der Waals surface area contributed by atoms with E-state index >= 15 is 0 Å². The minimum Gasteiger partial charge on any atom is -0.355 e. The number of rotatable bonds is 3. The van der Waals surface area contributed by atoms with Crippen LogP contribution in [0.4, 0.5) is 5.82 Å². The molecule has 0 radical (unpaired) electrons. The molecule has 0 saturated carbocycles. The van der Waals surface area contributed by atoms with Crippen molar-refractivity contribution in [3.8, 4) is 0 Å². The molecule has 1 aromatic rings. The zero-order valence-electron chi connectivity index (χ0n) is 10.5. The van der Waals surface area contributed by atoms with Crippen LogP contribution in [0.3, 0.4) is 0 Å². The molecule has 2 heterocycles. The van der Waals surface area contributed by atoms with Crippen LogP contribution in [0.5, 0.6) is 0 Å². The third kappa shape index (κ3) is 2.53. The van der Waals surface area contributed by atoms with E-state index in [1.807, 2.05) is 0 Å². The highest BCUT2D eigenvalue weighted by molar-refractivity contribution is 7.91. The quantitative estimate of drug-likeness (QED) is 0.762. The predicted octanol–water partition coefficient (Wildman–Crippen LogP) is 0.908. The van der Waals surface area contributed by atoms with Gasteiger partial charge < -0.3 is 4.90 Å². The van der Waals surface area contributed by atoms with Crippen LogP contribution < -0.4 is 4.90 Å². The lowest BCUT2D eigenvalue weighted by atomic mass is 10.1. The number of hydrogen-bond donors (Lipinski definition) is 0. The first-order valence-electron chi connectivity index (χ1n) is 5.80. The second-order valence-corrected chi connectivity index (χ2v) is 6.83. The van der Waals surface area contributed by atoms with Crippen molar-refractivity contribution in [2.24, 2.45) is 0 Å². The molecule has 0 N–H and O–H groups in total. The largest absolute Gasteiger partial charge is 0.355 e. The molecule has 0 aliphatic carbocycles. The van der Waals surface area contributed by atoms with Crippen LogP contribution in [0.1, 0.15) is 23.7 Å². The maximum atomic E-state index is 11.5. The van der Waals surface area contributed by atoms with Crippen LogP contribution in [0.2, 0.25) is 0 Å². The van der Waals surface area contributed by atoms with Crippen LogP contribution in [-0.2, 0) is 9.84 Å². The number of sulfone groups is 1. The Hall–Kier alpha value is -1.43. The van der Waals surface area contributed by atoms with Crippen LogP contribution in [0.15, 0.2) is 18.3 Å². The number of carbonyl (C=O) groups is 1. The number of pyridine rings is 1. The topological polar surface area (TPSA) is 67.3 Å². The van der Waals surface area contributed by atoms with Crippen molar-refractivity contribution in [3.63, 3.8) is 0 Å². The number of nitrogens with zero attached hydrogens (tertiary/aromatic N) is 2. The molecule has 1 saturated heterocycles. The Morgan fingerprint density at radius 2 is 2.22 bits per heavy atom. The second kappa shape index (κ2) is 4.68. The van der Waals surface area contributed by atoms with Crippen LogP contribution in [-0.4, -0.2) is 43.8 Å².